The van der Waals surface area contributed by atoms with E-state index in [-0.39, 0.29) is 4.90 Å². The van der Waals surface area contributed by atoms with E-state index in [1.807, 2.05) is 0 Å². The van der Waals surface area contributed by atoms with Gasteiger partial charge in [-0.1, -0.05) is 38.3 Å². The molecule has 0 amide bonds. The summed E-state index contributed by atoms with van der Waals surface area (Å²) in [5, 5.41) is 3.69. The highest BCUT2D eigenvalue weighted by molar-refractivity contribution is 7.89. The van der Waals surface area contributed by atoms with Crippen LogP contribution in [-0.2, 0) is 10.0 Å². The van der Waals surface area contributed by atoms with Crippen molar-refractivity contribution in [1.82, 2.24) is 9.88 Å². The van der Waals surface area contributed by atoms with Gasteiger partial charge in [0, 0.05) is 6.54 Å². The van der Waals surface area contributed by atoms with Crippen LogP contribution in [-0.4, -0.2) is 20.1 Å². The Hall–Kier alpha value is -0.880. The molecule has 0 radical (unpaired) electrons. The van der Waals surface area contributed by atoms with Gasteiger partial charge in [0.25, 0.3) is 0 Å². The first-order valence-corrected chi connectivity index (χ1v) is 8.33. The molecule has 0 spiro atoms. The maximum atomic E-state index is 12.2. The second kappa shape index (κ2) is 7.05. The van der Waals surface area contributed by atoms with Gasteiger partial charge in [0.15, 0.2) is 5.76 Å². The molecule has 1 heterocycles. The summed E-state index contributed by atoms with van der Waals surface area (Å²) >= 11 is 0. The third-order valence-corrected chi connectivity index (χ3v) is 5.01. The summed E-state index contributed by atoms with van der Waals surface area (Å²) in [5.74, 6) is 0.724. The average Bonchev–Trinajstić information content (AvgIpc) is 2.70. The summed E-state index contributed by atoms with van der Waals surface area (Å²) < 4.78 is 32.0. The minimum atomic E-state index is -3.51. The van der Waals surface area contributed by atoms with E-state index >= 15 is 0 Å². The van der Waals surface area contributed by atoms with Crippen LogP contribution in [0.4, 0.5) is 0 Å². The van der Waals surface area contributed by atoms with Crippen molar-refractivity contribution in [2.45, 2.75) is 58.3 Å². The summed E-state index contributed by atoms with van der Waals surface area (Å²) in [5.41, 5.74) is 0.409. The standard InChI is InChI=1S/C13H24N2O3S/c1-5-7-8-12(6-2)9-14-19(16,17)13-10(3)15-18-11(13)4/h12,14H,5-9H2,1-4H3. The minimum absolute atomic E-state index is 0.179. The fourth-order valence-electron chi connectivity index (χ4n) is 2.10. The van der Waals surface area contributed by atoms with E-state index in [2.05, 4.69) is 23.7 Å². The van der Waals surface area contributed by atoms with Crippen LogP contribution in [0.25, 0.3) is 0 Å². The molecule has 1 unspecified atom stereocenters. The Morgan fingerprint density at radius 1 is 1.32 bits per heavy atom. The smallest absolute Gasteiger partial charge is 0.245 e. The SMILES string of the molecule is CCCCC(CC)CNS(=O)(=O)c1c(C)noc1C. The van der Waals surface area contributed by atoms with Crippen LogP contribution in [0.3, 0.4) is 0 Å². The van der Waals surface area contributed by atoms with Crippen molar-refractivity contribution < 1.29 is 12.9 Å². The number of hydrogen-bond acceptors (Lipinski definition) is 4. The molecular formula is C13H24N2O3S. The van der Waals surface area contributed by atoms with Crippen LogP contribution in [0.2, 0.25) is 0 Å². The highest BCUT2D eigenvalue weighted by Crippen LogP contribution is 2.19. The van der Waals surface area contributed by atoms with E-state index in [0.717, 1.165) is 25.7 Å². The van der Waals surface area contributed by atoms with Gasteiger partial charge in [0.05, 0.1) is 0 Å². The van der Waals surface area contributed by atoms with Gasteiger partial charge >= 0.3 is 0 Å². The lowest BCUT2D eigenvalue weighted by Gasteiger charge is -2.15. The molecule has 1 aromatic rings. The van der Waals surface area contributed by atoms with Gasteiger partial charge in [-0.25, -0.2) is 13.1 Å². The van der Waals surface area contributed by atoms with Crippen molar-refractivity contribution in [2.24, 2.45) is 5.92 Å². The molecule has 0 aromatic carbocycles. The molecule has 0 aliphatic heterocycles. The van der Waals surface area contributed by atoms with Crippen LogP contribution in [0, 0.1) is 19.8 Å². The Bertz CT molecular complexity index is 474. The number of aryl methyl sites for hydroxylation is 2. The number of rotatable bonds is 8. The van der Waals surface area contributed by atoms with Crippen LogP contribution in [0.5, 0.6) is 0 Å². The molecule has 0 saturated heterocycles. The quantitative estimate of drug-likeness (QED) is 0.798. The molecule has 1 aromatic heterocycles. The van der Waals surface area contributed by atoms with Gasteiger partial charge < -0.3 is 4.52 Å². The number of hydrogen-bond donors (Lipinski definition) is 1. The van der Waals surface area contributed by atoms with Crippen molar-refractivity contribution >= 4 is 10.0 Å². The number of unbranched alkanes of at least 4 members (excludes halogenated alkanes) is 1. The third kappa shape index (κ3) is 4.31. The summed E-state index contributed by atoms with van der Waals surface area (Å²) in [6, 6.07) is 0. The van der Waals surface area contributed by atoms with Crippen molar-refractivity contribution in [1.29, 1.82) is 0 Å². The maximum absolute atomic E-state index is 12.2. The molecule has 0 fully saturated rings. The van der Waals surface area contributed by atoms with Gasteiger partial charge in [0.1, 0.15) is 10.6 Å². The lowest BCUT2D eigenvalue weighted by Crippen LogP contribution is -2.30. The molecular weight excluding hydrogens is 264 g/mol. The highest BCUT2D eigenvalue weighted by atomic mass is 32.2. The number of sulfonamides is 1. The zero-order valence-corrected chi connectivity index (χ0v) is 13.0. The second-order valence-corrected chi connectivity index (χ2v) is 6.63. The summed E-state index contributed by atoms with van der Waals surface area (Å²) in [7, 11) is -3.51. The Morgan fingerprint density at radius 2 is 2.00 bits per heavy atom. The van der Waals surface area contributed by atoms with Crippen LogP contribution in [0.1, 0.15) is 51.0 Å². The zero-order valence-electron chi connectivity index (χ0n) is 12.2. The van der Waals surface area contributed by atoms with E-state index in [1.165, 1.54) is 0 Å². The Labute approximate surface area is 115 Å². The molecule has 0 bridgehead atoms. The molecule has 1 atom stereocenters. The van der Waals surface area contributed by atoms with Crippen molar-refractivity contribution in [3.05, 3.63) is 11.5 Å². The first-order chi connectivity index (χ1) is 8.92. The number of nitrogens with one attached hydrogen (secondary N) is 1. The van der Waals surface area contributed by atoms with E-state index in [1.54, 1.807) is 13.8 Å². The van der Waals surface area contributed by atoms with Gasteiger partial charge in [-0.15, -0.1) is 0 Å². The lowest BCUT2D eigenvalue weighted by molar-refractivity contribution is 0.390. The summed E-state index contributed by atoms with van der Waals surface area (Å²) in [6.45, 7) is 7.95. The van der Waals surface area contributed by atoms with Crippen molar-refractivity contribution in [3.63, 3.8) is 0 Å². The highest BCUT2D eigenvalue weighted by Gasteiger charge is 2.24. The molecule has 0 aliphatic rings. The largest absolute Gasteiger partial charge is 0.360 e. The third-order valence-electron chi connectivity index (χ3n) is 3.34. The predicted octanol–water partition coefficient (Wildman–Crippen LogP) is 2.79. The first-order valence-electron chi connectivity index (χ1n) is 6.84. The molecule has 0 saturated carbocycles. The van der Waals surface area contributed by atoms with E-state index in [9.17, 15) is 8.42 Å². The van der Waals surface area contributed by atoms with E-state index in [0.29, 0.717) is 23.9 Å². The molecule has 19 heavy (non-hydrogen) atoms. The molecule has 1 rings (SSSR count). The first kappa shape index (κ1) is 16.2. The number of nitrogens with zero attached hydrogens (tertiary/aromatic N) is 1. The molecule has 0 aliphatic carbocycles. The molecule has 5 nitrogen and oxygen atoms in total. The van der Waals surface area contributed by atoms with Crippen molar-refractivity contribution in [3.8, 4) is 0 Å². The predicted molar refractivity (Wildman–Crippen MR) is 74.5 cm³/mol. The molecule has 6 heteroatoms. The monoisotopic (exact) mass is 288 g/mol. The summed E-state index contributed by atoms with van der Waals surface area (Å²) in [6.07, 6.45) is 4.29. The van der Waals surface area contributed by atoms with Crippen LogP contribution < -0.4 is 4.72 Å². The lowest BCUT2D eigenvalue weighted by atomic mass is 10.00. The Kier molecular flexibility index (Phi) is 6.00. The van der Waals surface area contributed by atoms with E-state index in [4.69, 9.17) is 4.52 Å². The maximum Gasteiger partial charge on any atom is 0.245 e. The molecule has 1 N–H and O–H groups in total. The van der Waals surface area contributed by atoms with Crippen LogP contribution >= 0.6 is 0 Å². The van der Waals surface area contributed by atoms with Crippen molar-refractivity contribution in [2.75, 3.05) is 6.54 Å². The zero-order chi connectivity index (χ0) is 14.5. The summed E-state index contributed by atoms with van der Waals surface area (Å²) in [4.78, 5) is 0.179. The fourth-order valence-corrected chi connectivity index (χ4v) is 3.54. The topological polar surface area (TPSA) is 72.2 Å². The van der Waals surface area contributed by atoms with E-state index < -0.39 is 10.0 Å². The fraction of sp³-hybridized carbons (Fsp3) is 0.769. The Morgan fingerprint density at radius 3 is 2.47 bits per heavy atom. The minimum Gasteiger partial charge on any atom is -0.360 e. The van der Waals surface area contributed by atoms with Crippen LogP contribution in [0.15, 0.2) is 9.42 Å². The average molecular weight is 288 g/mol. The van der Waals surface area contributed by atoms with Gasteiger partial charge in [-0.2, -0.15) is 0 Å². The second-order valence-electron chi connectivity index (χ2n) is 4.92. The van der Waals surface area contributed by atoms with Gasteiger partial charge in [-0.3, -0.25) is 0 Å². The normalized spacial score (nSPS) is 13.7. The van der Waals surface area contributed by atoms with Gasteiger partial charge in [0.2, 0.25) is 10.0 Å². The van der Waals surface area contributed by atoms with Gasteiger partial charge in [-0.05, 0) is 26.2 Å². The number of aromatic nitrogens is 1. The Balaban J connectivity index is 2.70. The molecule has 110 valence electrons.